The van der Waals surface area contributed by atoms with E-state index in [1.165, 1.54) is 5.56 Å². The Kier molecular flexibility index (Phi) is 2.59. The highest BCUT2D eigenvalue weighted by molar-refractivity contribution is 5.66. The maximum absolute atomic E-state index is 13.8. The second-order valence-corrected chi connectivity index (χ2v) is 4.28. The summed E-state index contributed by atoms with van der Waals surface area (Å²) >= 11 is 0. The van der Waals surface area contributed by atoms with E-state index >= 15 is 0 Å². The lowest BCUT2D eigenvalue weighted by Gasteiger charge is -2.30. The first-order valence-electron chi connectivity index (χ1n) is 5.89. The Hall–Kier alpha value is -2.17. The standard InChI is InChI=1S/C13H13FN4/c14-10-8-16-13(15)17-12(10)18-7-3-5-9-4-1-2-6-11(9)18/h1-2,4,6,8H,3,5,7H2,(H2,15,16,17). The number of para-hydroxylation sites is 1. The molecule has 1 aliphatic heterocycles. The number of aromatic nitrogens is 2. The fraction of sp³-hybridized carbons (Fsp3) is 0.231. The van der Waals surface area contributed by atoms with Crippen LogP contribution in [0, 0.1) is 5.82 Å². The zero-order chi connectivity index (χ0) is 12.5. The van der Waals surface area contributed by atoms with Crippen LogP contribution in [0.5, 0.6) is 0 Å². The molecule has 1 aliphatic rings. The van der Waals surface area contributed by atoms with Crippen molar-refractivity contribution < 1.29 is 4.39 Å². The van der Waals surface area contributed by atoms with E-state index in [4.69, 9.17) is 5.73 Å². The van der Waals surface area contributed by atoms with Crippen molar-refractivity contribution in [3.05, 3.63) is 41.8 Å². The van der Waals surface area contributed by atoms with Crippen LogP contribution < -0.4 is 10.6 Å². The van der Waals surface area contributed by atoms with Crippen molar-refractivity contribution in [3.63, 3.8) is 0 Å². The van der Waals surface area contributed by atoms with E-state index < -0.39 is 5.82 Å². The summed E-state index contributed by atoms with van der Waals surface area (Å²) in [6, 6.07) is 7.98. The Balaban J connectivity index is 2.11. The molecule has 0 radical (unpaired) electrons. The zero-order valence-electron chi connectivity index (χ0n) is 9.81. The Labute approximate surface area is 104 Å². The summed E-state index contributed by atoms with van der Waals surface area (Å²) in [6.45, 7) is 0.740. The highest BCUT2D eigenvalue weighted by atomic mass is 19.1. The SMILES string of the molecule is Nc1ncc(F)c(N2CCCc3ccccc32)n1. The molecule has 0 atom stereocenters. The summed E-state index contributed by atoms with van der Waals surface area (Å²) in [5, 5.41) is 0. The second kappa shape index (κ2) is 4.25. The lowest BCUT2D eigenvalue weighted by Crippen LogP contribution is -2.26. The Morgan fingerprint density at radius 1 is 1.28 bits per heavy atom. The maximum atomic E-state index is 13.8. The van der Waals surface area contributed by atoms with E-state index in [9.17, 15) is 4.39 Å². The van der Waals surface area contributed by atoms with Gasteiger partial charge in [-0.1, -0.05) is 18.2 Å². The van der Waals surface area contributed by atoms with Crippen LogP contribution in [0.1, 0.15) is 12.0 Å². The van der Waals surface area contributed by atoms with Crippen LogP contribution in [0.4, 0.5) is 21.8 Å². The summed E-state index contributed by atoms with van der Waals surface area (Å²) in [4.78, 5) is 9.54. The first kappa shape index (κ1) is 11.0. The minimum atomic E-state index is -0.444. The molecule has 1 aromatic carbocycles. The number of fused-ring (bicyclic) bond motifs is 1. The molecular formula is C13H13FN4. The quantitative estimate of drug-likeness (QED) is 0.836. The fourth-order valence-corrected chi connectivity index (χ4v) is 2.31. The maximum Gasteiger partial charge on any atom is 0.222 e. The average molecular weight is 244 g/mol. The van der Waals surface area contributed by atoms with Gasteiger partial charge in [0.15, 0.2) is 11.6 Å². The number of benzene rings is 1. The number of halogens is 1. The molecule has 0 fully saturated rings. The highest BCUT2D eigenvalue weighted by Gasteiger charge is 2.21. The van der Waals surface area contributed by atoms with Gasteiger partial charge in [-0.25, -0.2) is 9.37 Å². The molecule has 0 unspecified atom stereocenters. The predicted octanol–water partition coefficient (Wildman–Crippen LogP) is 2.28. The van der Waals surface area contributed by atoms with Crippen molar-refractivity contribution in [1.29, 1.82) is 0 Å². The predicted molar refractivity (Wildman–Crippen MR) is 68.2 cm³/mol. The third kappa shape index (κ3) is 1.77. The molecule has 18 heavy (non-hydrogen) atoms. The van der Waals surface area contributed by atoms with Crippen LogP contribution in [0.3, 0.4) is 0 Å². The molecule has 2 aromatic rings. The van der Waals surface area contributed by atoms with Crippen molar-refractivity contribution in [2.45, 2.75) is 12.8 Å². The van der Waals surface area contributed by atoms with Gasteiger partial charge in [0.25, 0.3) is 0 Å². The molecule has 2 heterocycles. The molecule has 3 rings (SSSR count). The molecule has 1 aromatic heterocycles. The highest BCUT2D eigenvalue weighted by Crippen LogP contribution is 2.33. The van der Waals surface area contributed by atoms with Gasteiger partial charge in [0.2, 0.25) is 5.95 Å². The summed E-state index contributed by atoms with van der Waals surface area (Å²) in [5.41, 5.74) is 7.75. The number of nitrogens with zero attached hydrogens (tertiary/aromatic N) is 3. The van der Waals surface area contributed by atoms with Crippen molar-refractivity contribution in [1.82, 2.24) is 9.97 Å². The van der Waals surface area contributed by atoms with Gasteiger partial charge in [0.05, 0.1) is 6.20 Å². The van der Waals surface area contributed by atoms with Gasteiger partial charge in [0.1, 0.15) is 0 Å². The van der Waals surface area contributed by atoms with Crippen molar-refractivity contribution >= 4 is 17.5 Å². The van der Waals surface area contributed by atoms with Crippen molar-refractivity contribution in [3.8, 4) is 0 Å². The van der Waals surface area contributed by atoms with E-state index in [-0.39, 0.29) is 11.8 Å². The summed E-state index contributed by atoms with van der Waals surface area (Å²) < 4.78 is 13.8. The number of anilines is 3. The molecule has 5 heteroatoms. The van der Waals surface area contributed by atoms with Crippen LogP contribution in [0.25, 0.3) is 0 Å². The van der Waals surface area contributed by atoms with E-state index in [2.05, 4.69) is 16.0 Å². The smallest absolute Gasteiger partial charge is 0.222 e. The van der Waals surface area contributed by atoms with Crippen LogP contribution in [-0.4, -0.2) is 16.5 Å². The van der Waals surface area contributed by atoms with Gasteiger partial charge in [-0.3, -0.25) is 0 Å². The van der Waals surface area contributed by atoms with Crippen LogP contribution in [0.15, 0.2) is 30.5 Å². The molecule has 0 saturated carbocycles. The van der Waals surface area contributed by atoms with Gasteiger partial charge in [-0.15, -0.1) is 0 Å². The van der Waals surface area contributed by atoms with Gasteiger partial charge in [0, 0.05) is 12.2 Å². The van der Waals surface area contributed by atoms with Crippen molar-refractivity contribution in [2.24, 2.45) is 0 Å². The van der Waals surface area contributed by atoms with Crippen LogP contribution in [0.2, 0.25) is 0 Å². The molecule has 0 amide bonds. The van der Waals surface area contributed by atoms with E-state index in [0.29, 0.717) is 0 Å². The first-order valence-corrected chi connectivity index (χ1v) is 5.89. The normalized spacial score (nSPS) is 14.4. The molecule has 0 saturated heterocycles. The average Bonchev–Trinajstić information content (AvgIpc) is 2.41. The summed E-state index contributed by atoms with van der Waals surface area (Å²) in [6.07, 6.45) is 3.10. The monoisotopic (exact) mass is 244 g/mol. The number of rotatable bonds is 1. The van der Waals surface area contributed by atoms with E-state index in [1.54, 1.807) is 0 Å². The Morgan fingerprint density at radius 3 is 3.00 bits per heavy atom. The molecule has 2 N–H and O–H groups in total. The number of aryl methyl sites for hydroxylation is 1. The molecular weight excluding hydrogens is 231 g/mol. The van der Waals surface area contributed by atoms with Gasteiger partial charge in [-0.05, 0) is 24.5 Å². The van der Waals surface area contributed by atoms with Gasteiger partial charge < -0.3 is 10.6 Å². The third-order valence-corrected chi connectivity index (χ3v) is 3.11. The minimum Gasteiger partial charge on any atom is -0.368 e. The zero-order valence-corrected chi connectivity index (χ0v) is 9.81. The van der Waals surface area contributed by atoms with Crippen LogP contribution in [-0.2, 0) is 6.42 Å². The number of nitrogens with two attached hydrogens (primary N) is 1. The van der Waals surface area contributed by atoms with Crippen LogP contribution >= 0.6 is 0 Å². The van der Waals surface area contributed by atoms with Gasteiger partial charge in [-0.2, -0.15) is 4.98 Å². The van der Waals surface area contributed by atoms with Crippen molar-refractivity contribution in [2.75, 3.05) is 17.2 Å². The topological polar surface area (TPSA) is 55.0 Å². The second-order valence-electron chi connectivity index (χ2n) is 4.28. The largest absolute Gasteiger partial charge is 0.368 e. The lowest BCUT2D eigenvalue weighted by molar-refractivity contribution is 0.606. The Morgan fingerprint density at radius 2 is 2.11 bits per heavy atom. The molecule has 92 valence electrons. The molecule has 0 bridgehead atoms. The lowest BCUT2D eigenvalue weighted by atomic mass is 10.0. The molecule has 4 nitrogen and oxygen atoms in total. The molecule has 0 aliphatic carbocycles. The molecule has 0 spiro atoms. The number of hydrogen-bond donors (Lipinski definition) is 1. The summed E-state index contributed by atoms with van der Waals surface area (Å²) in [5.74, 6) is -0.0926. The third-order valence-electron chi connectivity index (χ3n) is 3.11. The minimum absolute atomic E-state index is 0.0921. The Bertz CT molecular complexity index is 585. The number of hydrogen-bond acceptors (Lipinski definition) is 4. The fourth-order valence-electron chi connectivity index (χ4n) is 2.31. The van der Waals surface area contributed by atoms with E-state index in [0.717, 1.165) is 31.3 Å². The first-order chi connectivity index (χ1) is 8.75. The van der Waals surface area contributed by atoms with Gasteiger partial charge >= 0.3 is 0 Å². The van der Waals surface area contributed by atoms with E-state index in [1.807, 2.05) is 23.1 Å². The number of nitrogen functional groups attached to an aromatic ring is 1. The summed E-state index contributed by atoms with van der Waals surface area (Å²) in [7, 11) is 0.